The number of rotatable bonds is 43. The first kappa shape index (κ1) is 99.2. The number of thioether (sulfide) groups is 1. The van der Waals surface area contributed by atoms with Crippen LogP contribution in [0.1, 0.15) is 182 Å². The second-order valence-electron chi connectivity index (χ2n) is 32.2. The molecule has 0 radical (unpaired) electrons. The number of unbranched alkanes of at least 4 members (excludes halogenated alkanes) is 5. The Morgan fingerprint density at radius 2 is 1.26 bits per heavy atom. The number of hydrogen-bond acceptors (Lipinski definition) is 24. The number of phenols is 1. The maximum absolute atomic E-state index is 15.0. The second-order valence-corrected chi connectivity index (χ2v) is 33.1. The zero-order valence-corrected chi connectivity index (χ0v) is 70.0. The van der Waals surface area contributed by atoms with Crippen molar-refractivity contribution in [2.24, 2.45) is 29.4 Å². The normalized spacial score (nSPS) is 23.5. The number of nitrogens with one attached hydrogen (secondary N) is 11. The molecule has 36 heteroatoms. The van der Waals surface area contributed by atoms with Gasteiger partial charge in [0.15, 0.2) is 0 Å². The number of aromatic hydroxyl groups is 1. The van der Waals surface area contributed by atoms with Gasteiger partial charge >= 0.3 is 6.09 Å². The molecule has 5 rings (SSSR count). The molecule has 3 aliphatic rings. The fraction of sp³-hybridized carbons (Fsp3) is 0.704. The molecular weight excluding hydrogens is 1540 g/mol. The van der Waals surface area contributed by atoms with E-state index in [9.17, 15) is 93.6 Å². The Hall–Kier alpha value is -8.33. The van der Waals surface area contributed by atoms with Gasteiger partial charge in [-0.25, -0.2) is 4.79 Å². The van der Waals surface area contributed by atoms with Crippen molar-refractivity contribution < 1.29 is 103 Å². The van der Waals surface area contributed by atoms with E-state index in [0.29, 0.717) is 36.0 Å². The highest BCUT2D eigenvalue weighted by atomic mass is 32.2. The van der Waals surface area contributed by atoms with Crippen LogP contribution in [0, 0.1) is 23.7 Å². The average molecular weight is 1670 g/mol. The van der Waals surface area contributed by atoms with Crippen LogP contribution in [-0.4, -0.2) is 283 Å². The number of phenolic OH excluding ortho intramolecular Hbond substituents is 1. The average Bonchev–Trinajstić information content (AvgIpc) is 1.69. The first-order valence-corrected chi connectivity index (χ1v) is 42.7. The Labute approximate surface area is 690 Å². The highest BCUT2D eigenvalue weighted by Gasteiger charge is 2.49. The summed E-state index contributed by atoms with van der Waals surface area (Å²) >= 11 is 1.46. The van der Waals surface area contributed by atoms with E-state index in [4.69, 9.17) is 10.5 Å². The number of hydrogen-bond donors (Lipinski definition) is 20. The molecular formula is C81H132N14O21S. The molecule has 3 fully saturated rings. The summed E-state index contributed by atoms with van der Waals surface area (Å²) in [4.78, 5) is 173. The van der Waals surface area contributed by atoms with Crippen LogP contribution >= 0.6 is 11.8 Å². The summed E-state index contributed by atoms with van der Waals surface area (Å²) in [6.07, 6.45) is -5.80. The van der Waals surface area contributed by atoms with Gasteiger partial charge in [0.05, 0.1) is 43.2 Å². The molecule has 2 aromatic carbocycles. The Morgan fingerprint density at radius 3 is 1.91 bits per heavy atom. The van der Waals surface area contributed by atoms with Gasteiger partial charge in [-0.2, -0.15) is 11.8 Å². The molecule has 3 saturated heterocycles. The minimum atomic E-state index is -2.35. The number of carbonyl (C=O) groups excluding carboxylic acids is 12. The molecule has 12 amide bonds. The van der Waals surface area contributed by atoms with Gasteiger partial charge in [-0.05, 0) is 111 Å². The van der Waals surface area contributed by atoms with Crippen LogP contribution < -0.4 is 64.2 Å². The van der Waals surface area contributed by atoms with Gasteiger partial charge < -0.3 is 120 Å². The van der Waals surface area contributed by atoms with Crippen molar-refractivity contribution in [3.63, 3.8) is 0 Å². The molecule has 0 aliphatic carbocycles. The number of benzene rings is 2. The zero-order chi connectivity index (χ0) is 86.6. The standard InChI is InChI=1S/C81H132N14O21S/c1-10-48(6)39-49(7)20-16-13-11-12-14-19-23-65(103)86-58-42-63(101)59(43-83-34-35-84-64(102)29-33-85-72(106)57(40-51-21-17-15-18-22-51)88-74(108)56(38-46(2)3)87-73(107)55(31-37-117-9)90-81(115)116-45-47(4)5)89-78(112)69-62(100)30-36-94(69)80(114)67(61(99)28-32-82)92-77(111)68(71(105)70(104)52-24-26-53(97)27-25-52)93-76(110)60-41-54(98)44-95(60)79(113)66(50(8)96)91-75(58)109/h15,17-18,21-22,24-27,46-50,54-63,66-71,83,96-101,104-105H,10-14,16,19-20,23,28-45,82H2,1-9H3,(H,84,102)(H,85,106)(H,86,103)(H,87,107)(H,88,108)(H,89,112)(H,90,115)(H,91,109)(H,92,111)(H,93,110). The summed E-state index contributed by atoms with van der Waals surface area (Å²) < 4.78 is 5.27. The Kier molecular flexibility index (Phi) is 43.4. The van der Waals surface area contributed by atoms with Crippen molar-refractivity contribution in [1.29, 1.82) is 0 Å². The summed E-state index contributed by atoms with van der Waals surface area (Å²) in [5, 5.41) is 121. The number of fused-ring (bicyclic) bond motifs is 2. The highest BCUT2D eigenvalue weighted by Crippen LogP contribution is 2.28. The van der Waals surface area contributed by atoms with E-state index < -0.39 is 213 Å². The van der Waals surface area contributed by atoms with E-state index in [-0.39, 0.29) is 94.5 Å². The zero-order valence-electron chi connectivity index (χ0n) is 69.2. The van der Waals surface area contributed by atoms with Gasteiger partial charge in [-0.15, -0.1) is 0 Å². The van der Waals surface area contributed by atoms with E-state index in [1.165, 1.54) is 23.9 Å². The van der Waals surface area contributed by atoms with Crippen molar-refractivity contribution in [2.75, 3.05) is 64.4 Å². The maximum Gasteiger partial charge on any atom is 0.407 e. The monoisotopic (exact) mass is 1670 g/mol. The summed E-state index contributed by atoms with van der Waals surface area (Å²) in [5.41, 5.74) is 6.44. The molecule has 2 aromatic rings. The SMILES string of the molecule is CCC(C)CC(C)CCCCCCCCC(=O)NC1CC(O)C(CNCCNC(=O)CCNC(=O)C(Cc2ccccc2)NC(=O)C(CC(C)C)NC(=O)C(CCSC)NC(=O)OCC(C)C)NC(=O)C2C(O)CCN2C(=O)C(C(O)CCN)NC(=O)C(C(O)C(O)c2ccc(O)cc2)NC(=O)C2CC(O)CN2C(=O)C(C(C)O)NC1=O. The lowest BCUT2D eigenvalue weighted by Gasteiger charge is -2.35. The van der Waals surface area contributed by atoms with Crippen molar-refractivity contribution >= 4 is 82.8 Å². The summed E-state index contributed by atoms with van der Waals surface area (Å²) in [7, 11) is 0. The molecule has 0 spiro atoms. The van der Waals surface area contributed by atoms with Gasteiger partial charge in [0, 0.05) is 71.4 Å². The van der Waals surface area contributed by atoms with Crippen molar-refractivity contribution in [3.05, 3.63) is 65.7 Å². The van der Waals surface area contributed by atoms with E-state index in [0.717, 1.165) is 73.8 Å². The summed E-state index contributed by atoms with van der Waals surface area (Å²) in [5.74, 6) is -9.13. The topological polar surface area (TPSA) is 541 Å². The quantitative estimate of drug-likeness (QED) is 0.0360. The van der Waals surface area contributed by atoms with Crippen molar-refractivity contribution in [3.8, 4) is 5.75 Å². The number of amides is 12. The molecule has 35 nitrogen and oxygen atoms in total. The number of nitrogens with two attached hydrogens (primary N) is 1. The van der Waals surface area contributed by atoms with Gasteiger partial charge in [-0.1, -0.05) is 136 Å². The van der Waals surface area contributed by atoms with Crippen LogP contribution in [0.5, 0.6) is 5.75 Å². The molecule has 117 heavy (non-hydrogen) atoms. The van der Waals surface area contributed by atoms with Gasteiger partial charge in [-0.3, -0.25) is 52.7 Å². The van der Waals surface area contributed by atoms with Crippen LogP contribution in [0.3, 0.4) is 0 Å². The Bertz CT molecular complexity index is 3480. The third-order valence-electron chi connectivity index (χ3n) is 21.2. The predicted molar refractivity (Wildman–Crippen MR) is 436 cm³/mol. The third kappa shape index (κ3) is 33.4. The number of aliphatic hydroxyl groups excluding tert-OH is 7. The van der Waals surface area contributed by atoms with E-state index in [1.807, 2.05) is 34.0 Å². The number of nitrogens with zero attached hydrogens (tertiary/aromatic N) is 2. The minimum absolute atomic E-state index is 0.00991. The lowest BCUT2D eigenvalue weighted by Crippen LogP contribution is -2.64. The summed E-state index contributed by atoms with van der Waals surface area (Å²) in [6.45, 7) is 13.2. The minimum Gasteiger partial charge on any atom is -0.508 e. The Morgan fingerprint density at radius 1 is 0.615 bits per heavy atom. The first-order valence-electron chi connectivity index (χ1n) is 41.3. The maximum atomic E-state index is 15.0. The van der Waals surface area contributed by atoms with Gasteiger partial charge in [0.25, 0.3) is 0 Å². The van der Waals surface area contributed by atoms with Crippen molar-refractivity contribution in [2.45, 2.75) is 274 Å². The van der Waals surface area contributed by atoms with Crippen LogP contribution in [0.25, 0.3) is 0 Å². The molecule has 3 aliphatic heterocycles. The fourth-order valence-corrected chi connectivity index (χ4v) is 14.8. The second kappa shape index (κ2) is 51.2. The molecule has 19 unspecified atom stereocenters. The van der Waals surface area contributed by atoms with Crippen LogP contribution in [0.2, 0.25) is 0 Å². The number of ether oxygens (including phenoxy) is 1. The summed E-state index contributed by atoms with van der Waals surface area (Å²) in [6, 6.07) is -3.21. The number of carbonyl (C=O) groups is 12. The fourth-order valence-electron chi connectivity index (χ4n) is 14.4. The van der Waals surface area contributed by atoms with E-state index in [1.54, 1.807) is 30.3 Å². The Balaban J connectivity index is 1.43. The van der Waals surface area contributed by atoms with Crippen molar-refractivity contribution in [1.82, 2.24) is 68.3 Å². The van der Waals surface area contributed by atoms with Crippen LogP contribution in [0.4, 0.5) is 4.79 Å². The van der Waals surface area contributed by atoms with Gasteiger partial charge in [0.1, 0.15) is 72.3 Å². The molecule has 19 atom stereocenters. The smallest absolute Gasteiger partial charge is 0.407 e. The molecule has 0 bridgehead atoms. The molecule has 658 valence electrons. The highest BCUT2D eigenvalue weighted by molar-refractivity contribution is 7.98. The van der Waals surface area contributed by atoms with Crippen LogP contribution in [0.15, 0.2) is 54.6 Å². The lowest BCUT2D eigenvalue weighted by molar-refractivity contribution is -0.148. The number of aliphatic hydroxyl groups is 7. The molecule has 3 heterocycles. The first-order chi connectivity index (χ1) is 55.6. The van der Waals surface area contributed by atoms with E-state index in [2.05, 4.69) is 79.3 Å². The lowest BCUT2D eigenvalue weighted by atomic mass is 9.91. The van der Waals surface area contributed by atoms with Gasteiger partial charge in [0.2, 0.25) is 65.0 Å². The molecule has 0 aromatic heterocycles. The number of alkyl carbamates (subject to hydrolysis) is 1. The third-order valence-corrected chi connectivity index (χ3v) is 21.8. The largest absolute Gasteiger partial charge is 0.508 e. The van der Waals surface area contributed by atoms with E-state index >= 15 is 4.79 Å². The molecule has 21 N–H and O–H groups in total. The molecule has 0 saturated carbocycles. The van der Waals surface area contributed by atoms with Crippen LogP contribution in [-0.2, 0) is 63.9 Å². The predicted octanol–water partition coefficient (Wildman–Crippen LogP) is -0.843.